The summed E-state index contributed by atoms with van der Waals surface area (Å²) in [5.74, 6) is 0.550. The van der Waals surface area contributed by atoms with Crippen LogP contribution in [0.5, 0.6) is 0 Å². The highest BCUT2D eigenvalue weighted by atomic mass is 16.6. The Balaban J connectivity index is 1.36. The Morgan fingerprint density at radius 2 is 1.86 bits per heavy atom. The molecule has 0 aliphatic carbocycles. The van der Waals surface area contributed by atoms with Crippen LogP contribution in [0.3, 0.4) is 0 Å². The first-order valence-corrected chi connectivity index (χ1v) is 9.38. The van der Waals surface area contributed by atoms with E-state index in [2.05, 4.69) is 10.1 Å². The lowest BCUT2D eigenvalue weighted by Crippen LogP contribution is -2.38. The third kappa shape index (κ3) is 4.47. The van der Waals surface area contributed by atoms with E-state index in [1.165, 1.54) is 6.07 Å². The molecular formula is C22H22N2O4. The van der Waals surface area contributed by atoms with Gasteiger partial charge >= 0.3 is 0 Å². The molecule has 4 rings (SSSR count). The second-order valence-electron chi connectivity index (χ2n) is 6.61. The van der Waals surface area contributed by atoms with Crippen LogP contribution >= 0.6 is 0 Å². The van der Waals surface area contributed by atoms with Gasteiger partial charge in [-0.1, -0.05) is 41.6 Å². The van der Waals surface area contributed by atoms with Crippen LogP contribution in [0.25, 0.3) is 22.3 Å². The SMILES string of the molecule is O=c1cc(-c2ccc(/C=N/OCCN3CCOCC3)cc2)oc2ccccc12. The largest absolute Gasteiger partial charge is 0.456 e. The second kappa shape index (κ2) is 8.82. The van der Waals surface area contributed by atoms with Crippen LogP contribution in [0, 0.1) is 0 Å². The zero-order valence-corrected chi connectivity index (χ0v) is 15.5. The van der Waals surface area contributed by atoms with Gasteiger partial charge in [0, 0.05) is 31.3 Å². The van der Waals surface area contributed by atoms with Crippen molar-refractivity contribution in [2.24, 2.45) is 5.16 Å². The second-order valence-corrected chi connectivity index (χ2v) is 6.61. The molecule has 1 aliphatic rings. The molecular weight excluding hydrogens is 356 g/mol. The van der Waals surface area contributed by atoms with Crippen molar-refractivity contribution >= 4 is 17.2 Å². The summed E-state index contributed by atoms with van der Waals surface area (Å²) in [6.07, 6.45) is 1.68. The van der Waals surface area contributed by atoms with E-state index in [0.29, 0.717) is 23.3 Å². The van der Waals surface area contributed by atoms with Gasteiger partial charge in [0.05, 0.1) is 24.8 Å². The van der Waals surface area contributed by atoms with Gasteiger partial charge in [0.1, 0.15) is 18.0 Å². The quantitative estimate of drug-likeness (QED) is 0.375. The topological polar surface area (TPSA) is 64.3 Å². The zero-order chi connectivity index (χ0) is 19.2. The zero-order valence-electron chi connectivity index (χ0n) is 15.5. The van der Waals surface area contributed by atoms with Crippen molar-refractivity contribution in [3.05, 3.63) is 70.4 Å². The van der Waals surface area contributed by atoms with Crippen molar-refractivity contribution in [2.45, 2.75) is 0 Å². The van der Waals surface area contributed by atoms with E-state index < -0.39 is 0 Å². The number of ether oxygens (including phenoxy) is 1. The Morgan fingerprint density at radius 1 is 1.07 bits per heavy atom. The highest BCUT2D eigenvalue weighted by Crippen LogP contribution is 2.22. The molecule has 0 saturated carbocycles. The van der Waals surface area contributed by atoms with Crippen molar-refractivity contribution in [3.63, 3.8) is 0 Å². The fourth-order valence-electron chi connectivity index (χ4n) is 3.13. The van der Waals surface area contributed by atoms with Gasteiger partial charge in [-0.2, -0.15) is 0 Å². The molecule has 2 aromatic carbocycles. The van der Waals surface area contributed by atoms with Crippen LogP contribution in [0.4, 0.5) is 0 Å². The van der Waals surface area contributed by atoms with Crippen LogP contribution in [0.1, 0.15) is 5.56 Å². The summed E-state index contributed by atoms with van der Waals surface area (Å²) in [5, 5.41) is 4.61. The molecule has 0 bridgehead atoms. The summed E-state index contributed by atoms with van der Waals surface area (Å²) in [6, 6.07) is 16.4. The number of oxime groups is 1. The van der Waals surface area contributed by atoms with Gasteiger partial charge in [-0.25, -0.2) is 0 Å². The average Bonchev–Trinajstić information content (AvgIpc) is 2.75. The van der Waals surface area contributed by atoms with E-state index in [-0.39, 0.29) is 5.43 Å². The van der Waals surface area contributed by atoms with Crippen LogP contribution in [0.2, 0.25) is 0 Å². The summed E-state index contributed by atoms with van der Waals surface area (Å²) >= 11 is 0. The summed E-state index contributed by atoms with van der Waals surface area (Å²) < 4.78 is 11.2. The highest BCUT2D eigenvalue weighted by molar-refractivity contribution is 5.81. The molecule has 0 radical (unpaired) electrons. The van der Waals surface area contributed by atoms with Crippen molar-refractivity contribution in [3.8, 4) is 11.3 Å². The third-order valence-corrected chi connectivity index (χ3v) is 4.71. The lowest BCUT2D eigenvalue weighted by Gasteiger charge is -2.25. The number of rotatable bonds is 6. The van der Waals surface area contributed by atoms with Crippen LogP contribution in [-0.4, -0.2) is 50.6 Å². The molecule has 3 aromatic rings. The first-order valence-electron chi connectivity index (χ1n) is 9.38. The van der Waals surface area contributed by atoms with Gasteiger partial charge in [-0.15, -0.1) is 0 Å². The number of benzene rings is 2. The fourth-order valence-corrected chi connectivity index (χ4v) is 3.13. The van der Waals surface area contributed by atoms with E-state index in [4.69, 9.17) is 14.0 Å². The number of nitrogens with zero attached hydrogens (tertiary/aromatic N) is 2. The maximum Gasteiger partial charge on any atom is 0.193 e. The summed E-state index contributed by atoms with van der Waals surface area (Å²) in [7, 11) is 0. The highest BCUT2D eigenvalue weighted by Gasteiger charge is 2.09. The van der Waals surface area contributed by atoms with E-state index in [0.717, 1.165) is 44.0 Å². The van der Waals surface area contributed by atoms with Crippen molar-refractivity contribution in [1.29, 1.82) is 0 Å². The molecule has 0 atom stereocenters. The Labute approximate surface area is 163 Å². The molecule has 0 spiro atoms. The first kappa shape index (κ1) is 18.4. The van der Waals surface area contributed by atoms with Gasteiger partial charge < -0.3 is 14.0 Å². The summed E-state index contributed by atoms with van der Waals surface area (Å²) in [6.45, 7) is 4.86. The molecule has 6 heteroatoms. The van der Waals surface area contributed by atoms with Crippen molar-refractivity contribution in [1.82, 2.24) is 4.90 Å². The van der Waals surface area contributed by atoms with Crippen LogP contribution in [-0.2, 0) is 9.57 Å². The van der Waals surface area contributed by atoms with E-state index >= 15 is 0 Å². The third-order valence-electron chi connectivity index (χ3n) is 4.71. The molecule has 0 amide bonds. The minimum absolute atomic E-state index is 0.0452. The Bertz CT molecular complexity index is 1000. The van der Waals surface area contributed by atoms with Gasteiger partial charge in [-0.3, -0.25) is 9.69 Å². The molecule has 1 fully saturated rings. The maximum atomic E-state index is 12.2. The minimum atomic E-state index is -0.0452. The maximum absolute atomic E-state index is 12.2. The van der Waals surface area contributed by atoms with E-state index in [1.54, 1.807) is 18.3 Å². The van der Waals surface area contributed by atoms with Crippen LogP contribution in [0.15, 0.2) is 69.0 Å². The minimum Gasteiger partial charge on any atom is -0.456 e. The Morgan fingerprint density at radius 3 is 2.68 bits per heavy atom. The predicted octanol–water partition coefficient (Wildman–Crippen LogP) is 3.14. The molecule has 6 nitrogen and oxygen atoms in total. The summed E-state index contributed by atoms with van der Waals surface area (Å²) in [5.41, 5.74) is 2.30. The lowest BCUT2D eigenvalue weighted by molar-refractivity contribution is 0.0214. The molecule has 28 heavy (non-hydrogen) atoms. The predicted molar refractivity (Wildman–Crippen MR) is 109 cm³/mol. The van der Waals surface area contributed by atoms with E-state index in [9.17, 15) is 4.79 Å². The number of para-hydroxylation sites is 1. The van der Waals surface area contributed by atoms with Crippen LogP contribution < -0.4 is 5.43 Å². The molecule has 1 aliphatic heterocycles. The van der Waals surface area contributed by atoms with E-state index in [1.807, 2.05) is 36.4 Å². The smallest absolute Gasteiger partial charge is 0.193 e. The molecule has 1 aromatic heterocycles. The molecule has 2 heterocycles. The summed E-state index contributed by atoms with van der Waals surface area (Å²) in [4.78, 5) is 19.9. The normalized spacial score (nSPS) is 15.3. The van der Waals surface area contributed by atoms with Gasteiger partial charge in [-0.05, 0) is 17.7 Å². The van der Waals surface area contributed by atoms with Gasteiger partial charge in [0.2, 0.25) is 0 Å². The number of hydrogen-bond acceptors (Lipinski definition) is 6. The Kier molecular flexibility index (Phi) is 5.80. The molecule has 144 valence electrons. The fraction of sp³-hybridized carbons (Fsp3) is 0.273. The van der Waals surface area contributed by atoms with Crippen molar-refractivity contribution in [2.75, 3.05) is 39.5 Å². The van der Waals surface area contributed by atoms with Gasteiger partial charge in [0.15, 0.2) is 5.43 Å². The van der Waals surface area contributed by atoms with Crippen molar-refractivity contribution < 1.29 is 14.0 Å². The number of morpholine rings is 1. The first-order chi connectivity index (χ1) is 13.8. The monoisotopic (exact) mass is 378 g/mol. The standard InChI is InChI=1S/C22H22N2O4/c25-20-15-22(28-21-4-2-1-3-19(20)21)18-7-5-17(6-8-18)16-23-27-14-11-24-9-12-26-13-10-24/h1-8,15-16H,9-14H2/b23-16+. The molecule has 0 unspecified atom stereocenters. The molecule has 1 saturated heterocycles. The lowest BCUT2D eigenvalue weighted by atomic mass is 10.1. The number of hydrogen-bond donors (Lipinski definition) is 0. The average molecular weight is 378 g/mol. The molecule has 0 N–H and O–H groups in total. The number of fused-ring (bicyclic) bond motifs is 1. The van der Waals surface area contributed by atoms with Gasteiger partial charge in [0.25, 0.3) is 0 Å². The Hall–Kier alpha value is -2.96.